The quantitative estimate of drug-likeness (QED) is 0.391. The number of hydrogen-bond acceptors (Lipinski definition) is 3. The van der Waals surface area contributed by atoms with Crippen molar-refractivity contribution in [2.75, 3.05) is 11.9 Å². The van der Waals surface area contributed by atoms with Crippen LogP contribution in [-0.2, 0) is 0 Å². The first-order chi connectivity index (χ1) is 14.0. The SMILES string of the molecule is CCOc1ccc(NC(CC(=O)c2ccc(F)cc2)c2ccc(Cl)c(Cl)c2)cc1. The second-order valence-corrected chi connectivity index (χ2v) is 7.28. The number of carbonyl (C=O) groups is 1. The number of nitrogens with one attached hydrogen (secondary N) is 1. The van der Waals surface area contributed by atoms with E-state index in [2.05, 4.69) is 5.32 Å². The van der Waals surface area contributed by atoms with Crippen LogP contribution in [0.4, 0.5) is 10.1 Å². The Hall–Kier alpha value is -2.56. The van der Waals surface area contributed by atoms with Crippen LogP contribution >= 0.6 is 23.2 Å². The normalized spacial score (nSPS) is 11.7. The van der Waals surface area contributed by atoms with Crippen LogP contribution in [0.3, 0.4) is 0 Å². The number of carbonyl (C=O) groups excluding carboxylic acids is 1. The van der Waals surface area contributed by atoms with E-state index >= 15 is 0 Å². The predicted octanol–water partition coefficient (Wildman–Crippen LogP) is 6.96. The van der Waals surface area contributed by atoms with Crippen molar-refractivity contribution in [2.24, 2.45) is 0 Å². The highest BCUT2D eigenvalue weighted by Crippen LogP contribution is 2.30. The zero-order valence-corrected chi connectivity index (χ0v) is 17.3. The summed E-state index contributed by atoms with van der Waals surface area (Å²) in [6.07, 6.45) is 0.163. The zero-order valence-electron chi connectivity index (χ0n) is 15.8. The minimum atomic E-state index is -0.380. The summed E-state index contributed by atoms with van der Waals surface area (Å²) in [5, 5.41) is 4.23. The zero-order chi connectivity index (χ0) is 20.8. The van der Waals surface area contributed by atoms with Crippen LogP contribution in [0.5, 0.6) is 5.75 Å². The van der Waals surface area contributed by atoms with Gasteiger partial charge in [-0.05, 0) is 73.2 Å². The number of ether oxygens (including phenoxy) is 1. The standard InChI is InChI=1S/C23H20Cl2FNO2/c1-2-29-19-10-8-18(9-11-19)27-22(16-5-12-20(24)21(25)13-16)14-23(28)15-3-6-17(26)7-4-15/h3-13,22,27H,2,14H2,1H3. The maximum atomic E-state index is 13.2. The molecule has 1 atom stereocenters. The van der Waals surface area contributed by atoms with E-state index in [0.717, 1.165) is 17.0 Å². The van der Waals surface area contributed by atoms with E-state index in [0.29, 0.717) is 22.2 Å². The molecule has 0 aromatic heterocycles. The Morgan fingerprint density at radius 1 is 1.00 bits per heavy atom. The van der Waals surface area contributed by atoms with Crippen LogP contribution in [0.2, 0.25) is 10.0 Å². The van der Waals surface area contributed by atoms with Crippen LogP contribution in [-0.4, -0.2) is 12.4 Å². The molecule has 0 saturated heterocycles. The third kappa shape index (κ3) is 5.72. The average molecular weight is 432 g/mol. The largest absolute Gasteiger partial charge is 0.494 e. The Bertz CT molecular complexity index is 975. The summed E-state index contributed by atoms with van der Waals surface area (Å²) < 4.78 is 18.6. The molecule has 150 valence electrons. The molecular formula is C23H20Cl2FNO2. The molecule has 3 aromatic rings. The summed E-state index contributed by atoms with van der Waals surface area (Å²) in [5.74, 6) is 0.279. The molecule has 6 heteroatoms. The molecule has 0 aliphatic rings. The molecule has 1 N–H and O–H groups in total. The molecule has 0 heterocycles. The van der Waals surface area contributed by atoms with Crippen molar-refractivity contribution in [3.63, 3.8) is 0 Å². The Morgan fingerprint density at radius 3 is 2.31 bits per heavy atom. The topological polar surface area (TPSA) is 38.3 Å². The summed E-state index contributed by atoms with van der Waals surface area (Å²) in [6.45, 7) is 2.51. The van der Waals surface area contributed by atoms with Crippen molar-refractivity contribution in [3.8, 4) is 5.75 Å². The predicted molar refractivity (Wildman–Crippen MR) is 116 cm³/mol. The molecule has 0 aliphatic carbocycles. The van der Waals surface area contributed by atoms with E-state index in [1.165, 1.54) is 24.3 Å². The number of ketones is 1. The Morgan fingerprint density at radius 2 is 1.69 bits per heavy atom. The maximum absolute atomic E-state index is 13.2. The lowest BCUT2D eigenvalue weighted by Gasteiger charge is -2.21. The van der Waals surface area contributed by atoms with E-state index < -0.39 is 0 Å². The van der Waals surface area contributed by atoms with Crippen LogP contribution in [0.1, 0.15) is 35.3 Å². The fraction of sp³-hybridized carbons (Fsp3) is 0.174. The highest BCUT2D eigenvalue weighted by Gasteiger charge is 2.18. The molecule has 0 radical (unpaired) electrons. The maximum Gasteiger partial charge on any atom is 0.165 e. The van der Waals surface area contributed by atoms with Gasteiger partial charge in [-0.3, -0.25) is 4.79 Å². The smallest absolute Gasteiger partial charge is 0.165 e. The van der Waals surface area contributed by atoms with Crippen molar-refractivity contribution in [1.82, 2.24) is 0 Å². The molecule has 3 aromatic carbocycles. The average Bonchev–Trinajstić information content (AvgIpc) is 2.71. The van der Waals surface area contributed by atoms with Gasteiger partial charge in [-0.2, -0.15) is 0 Å². The van der Waals surface area contributed by atoms with Crippen molar-refractivity contribution in [1.29, 1.82) is 0 Å². The van der Waals surface area contributed by atoms with E-state index in [1.807, 2.05) is 37.3 Å². The van der Waals surface area contributed by atoms with Crippen LogP contribution in [0, 0.1) is 5.82 Å². The first-order valence-corrected chi connectivity index (χ1v) is 9.95. The van der Waals surface area contributed by atoms with Gasteiger partial charge in [-0.25, -0.2) is 4.39 Å². The Kier molecular flexibility index (Phi) is 7.13. The lowest BCUT2D eigenvalue weighted by molar-refractivity contribution is 0.0976. The Labute approximate surface area is 179 Å². The first kappa shape index (κ1) is 21.2. The minimum absolute atomic E-state index is 0.112. The molecule has 0 bridgehead atoms. The fourth-order valence-corrected chi connectivity index (χ4v) is 3.24. The summed E-state index contributed by atoms with van der Waals surface area (Å²) in [4.78, 5) is 12.8. The number of hydrogen-bond donors (Lipinski definition) is 1. The van der Waals surface area contributed by atoms with Crippen molar-refractivity contribution < 1.29 is 13.9 Å². The van der Waals surface area contributed by atoms with Crippen LogP contribution in [0.25, 0.3) is 0 Å². The fourth-order valence-electron chi connectivity index (χ4n) is 2.94. The summed E-state index contributed by atoms with van der Waals surface area (Å²) in [5.41, 5.74) is 2.10. The van der Waals surface area contributed by atoms with Crippen molar-refractivity contribution in [2.45, 2.75) is 19.4 Å². The molecule has 0 amide bonds. The molecule has 29 heavy (non-hydrogen) atoms. The van der Waals surface area contributed by atoms with Gasteiger partial charge in [-0.15, -0.1) is 0 Å². The highest BCUT2D eigenvalue weighted by atomic mass is 35.5. The van der Waals surface area contributed by atoms with Gasteiger partial charge >= 0.3 is 0 Å². The second-order valence-electron chi connectivity index (χ2n) is 6.46. The van der Waals surface area contributed by atoms with Gasteiger partial charge < -0.3 is 10.1 Å². The first-order valence-electron chi connectivity index (χ1n) is 9.19. The molecule has 1 unspecified atom stereocenters. The lowest BCUT2D eigenvalue weighted by Crippen LogP contribution is -2.16. The van der Waals surface area contributed by atoms with E-state index in [4.69, 9.17) is 27.9 Å². The Balaban J connectivity index is 1.85. The monoisotopic (exact) mass is 431 g/mol. The third-order valence-corrected chi connectivity index (χ3v) is 5.15. The van der Waals surface area contributed by atoms with Gasteiger partial charge in [-0.1, -0.05) is 29.3 Å². The van der Waals surface area contributed by atoms with Gasteiger partial charge in [0.1, 0.15) is 11.6 Å². The molecule has 0 fully saturated rings. The summed E-state index contributed by atoms with van der Waals surface area (Å²) in [7, 11) is 0. The number of benzene rings is 3. The third-order valence-electron chi connectivity index (χ3n) is 4.41. The van der Waals surface area contributed by atoms with Gasteiger partial charge in [0.25, 0.3) is 0 Å². The molecule has 3 rings (SSSR count). The van der Waals surface area contributed by atoms with E-state index in [9.17, 15) is 9.18 Å². The number of halogens is 3. The highest BCUT2D eigenvalue weighted by molar-refractivity contribution is 6.42. The minimum Gasteiger partial charge on any atom is -0.494 e. The van der Waals surface area contributed by atoms with Gasteiger partial charge in [0.15, 0.2) is 5.78 Å². The number of Topliss-reactive ketones (excluding diaryl/α,β-unsaturated/α-hetero) is 1. The van der Waals surface area contributed by atoms with Gasteiger partial charge in [0.2, 0.25) is 0 Å². The van der Waals surface area contributed by atoms with Gasteiger partial charge in [0, 0.05) is 17.7 Å². The molecule has 0 aliphatic heterocycles. The molecular weight excluding hydrogens is 412 g/mol. The number of rotatable bonds is 8. The molecule has 0 saturated carbocycles. The number of anilines is 1. The lowest BCUT2D eigenvalue weighted by atomic mass is 9.97. The van der Waals surface area contributed by atoms with Gasteiger partial charge in [0.05, 0.1) is 22.7 Å². The molecule has 3 nitrogen and oxygen atoms in total. The summed E-state index contributed by atoms with van der Waals surface area (Å²) in [6, 6.07) is 18.0. The van der Waals surface area contributed by atoms with E-state index in [-0.39, 0.29) is 24.1 Å². The van der Waals surface area contributed by atoms with Crippen LogP contribution < -0.4 is 10.1 Å². The van der Waals surface area contributed by atoms with Crippen LogP contribution in [0.15, 0.2) is 66.7 Å². The van der Waals surface area contributed by atoms with Crippen molar-refractivity contribution in [3.05, 3.63) is 93.7 Å². The van der Waals surface area contributed by atoms with E-state index in [1.54, 1.807) is 12.1 Å². The summed E-state index contributed by atoms with van der Waals surface area (Å²) >= 11 is 12.2. The second kappa shape index (κ2) is 9.77. The van der Waals surface area contributed by atoms with Crippen molar-refractivity contribution >= 4 is 34.7 Å². The molecule has 0 spiro atoms.